The van der Waals surface area contributed by atoms with E-state index in [0.717, 1.165) is 16.9 Å². The number of aryl methyl sites for hydroxylation is 2. The van der Waals surface area contributed by atoms with Crippen molar-refractivity contribution in [3.63, 3.8) is 0 Å². The molecule has 4 heterocycles. The number of pyridine rings is 1. The quantitative estimate of drug-likeness (QED) is 0.733. The van der Waals surface area contributed by atoms with E-state index < -0.39 is 5.91 Å². The predicted molar refractivity (Wildman–Crippen MR) is 90.4 cm³/mol. The second-order valence-electron chi connectivity index (χ2n) is 5.99. The van der Waals surface area contributed by atoms with Gasteiger partial charge < -0.3 is 15.4 Å². The first kappa shape index (κ1) is 15.3. The van der Waals surface area contributed by atoms with Gasteiger partial charge in [0.15, 0.2) is 5.65 Å². The fourth-order valence-corrected chi connectivity index (χ4v) is 2.85. The molecule has 4 rings (SSSR count). The number of carbonyl (C=O) groups excluding carboxylic acids is 1. The molecule has 0 saturated carbocycles. The minimum atomic E-state index is -0.573. The Hall–Kier alpha value is -3.23. The third-order valence-electron chi connectivity index (χ3n) is 4.12. The molecule has 0 bridgehead atoms. The highest BCUT2D eigenvalue weighted by Crippen LogP contribution is 2.28. The van der Waals surface area contributed by atoms with E-state index in [4.69, 9.17) is 10.5 Å². The molecular weight excluding hydrogens is 322 g/mol. The molecule has 0 aliphatic carbocycles. The predicted octanol–water partition coefficient (Wildman–Crippen LogP) is 0.433. The lowest BCUT2D eigenvalue weighted by Gasteiger charge is -2.40. The van der Waals surface area contributed by atoms with E-state index in [1.807, 2.05) is 14.0 Å². The fraction of sp³-hybridized carbons (Fsp3) is 0.312. The van der Waals surface area contributed by atoms with Gasteiger partial charge in [-0.1, -0.05) is 0 Å². The number of amides is 1. The molecule has 0 unspecified atom stereocenters. The zero-order valence-electron chi connectivity index (χ0n) is 13.9. The minimum absolute atomic E-state index is 0.00474. The van der Waals surface area contributed by atoms with Gasteiger partial charge in [-0.2, -0.15) is 5.10 Å². The van der Waals surface area contributed by atoms with E-state index in [-0.39, 0.29) is 11.8 Å². The van der Waals surface area contributed by atoms with Crippen molar-refractivity contribution in [1.82, 2.24) is 24.7 Å². The van der Waals surface area contributed by atoms with Crippen LogP contribution in [-0.2, 0) is 7.05 Å². The molecule has 2 N–H and O–H groups in total. The summed E-state index contributed by atoms with van der Waals surface area (Å²) >= 11 is 0. The maximum Gasteiger partial charge on any atom is 0.267 e. The Morgan fingerprint density at radius 1 is 1.36 bits per heavy atom. The summed E-state index contributed by atoms with van der Waals surface area (Å²) in [6.45, 7) is 3.25. The second-order valence-corrected chi connectivity index (χ2v) is 5.99. The first-order chi connectivity index (χ1) is 12.0. The van der Waals surface area contributed by atoms with E-state index in [2.05, 4.69) is 25.0 Å². The lowest BCUT2D eigenvalue weighted by molar-refractivity contribution is 0.0994. The van der Waals surface area contributed by atoms with Crippen molar-refractivity contribution in [3.8, 4) is 5.75 Å². The highest BCUT2D eigenvalue weighted by molar-refractivity contribution is 5.91. The zero-order chi connectivity index (χ0) is 17.6. The maximum atomic E-state index is 11.2. The summed E-state index contributed by atoms with van der Waals surface area (Å²) in [7, 11) is 1.86. The van der Waals surface area contributed by atoms with Crippen LogP contribution in [0, 0.1) is 6.92 Å². The van der Waals surface area contributed by atoms with Crippen LogP contribution in [0.4, 0.5) is 5.82 Å². The van der Waals surface area contributed by atoms with E-state index >= 15 is 0 Å². The lowest BCUT2D eigenvalue weighted by atomic mass is 10.1. The van der Waals surface area contributed by atoms with Crippen LogP contribution in [0.3, 0.4) is 0 Å². The molecule has 3 aromatic heterocycles. The molecule has 1 fully saturated rings. The first-order valence-corrected chi connectivity index (χ1v) is 7.85. The summed E-state index contributed by atoms with van der Waals surface area (Å²) in [5, 5.41) is 5.18. The van der Waals surface area contributed by atoms with Gasteiger partial charge in [-0.25, -0.2) is 9.97 Å². The van der Waals surface area contributed by atoms with Crippen LogP contribution in [0.15, 0.2) is 24.5 Å². The number of ether oxygens (including phenoxy) is 1. The van der Waals surface area contributed by atoms with Crippen LogP contribution in [0.5, 0.6) is 5.75 Å². The number of primary amides is 1. The Balaban J connectivity index is 1.49. The van der Waals surface area contributed by atoms with Crippen LogP contribution < -0.4 is 15.4 Å². The molecule has 0 aromatic carbocycles. The van der Waals surface area contributed by atoms with E-state index in [1.165, 1.54) is 6.20 Å². The van der Waals surface area contributed by atoms with Gasteiger partial charge in [0.2, 0.25) is 0 Å². The van der Waals surface area contributed by atoms with Gasteiger partial charge in [-0.05, 0) is 13.0 Å². The highest BCUT2D eigenvalue weighted by Gasteiger charge is 2.31. The van der Waals surface area contributed by atoms with Crippen molar-refractivity contribution in [2.75, 3.05) is 18.0 Å². The maximum absolute atomic E-state index is 11.2. The third kappa shape index (κ3) is 2.73. The van der Waals surface area contributed by atoms with Gasteiger partial charge in [-0.15, -0.1) is 0 Å². The number of fused-ring (bicyclic) bond motifs is 1. The van der Waals surface area contributed by atoms with E-state index in [1.54, 1.807) is 23.0 Å². The van der Waals surface area contributed by atoms with Gasteiger partial charge in [0.25, 0.3) is 5.91 Å². The van der Waals surface area contributed by atoms with Crippen LogP contribution in [0.25, 0.3) is 11.0 Å². The van der Waals surface area contributed by atoms with Crippen molar-refractivity contribution in [3.05, 3.63) is 36.0 Å². The number of anilines is 1. The average molecular weight is 339 g/mol. The largest absolute Gasteiger partial charge is 0.487 e. The summed E-state index contributed by atoms with van der Waals surface area (Å²) in [6.07, 6.45) is 3.30. The van der Waals surface area contributed by atoms with Crippen molar-refractivity contribution in [2.24, 2.45) is 12.8 Å². The molecule has 1 aliphatic rings. The van der Waals surface area contributed by atoms with E-state index in [9.17, 15) is 4.79 Å². The molecule has 1 saturated heterocycles. The standard InChI is InChI=1S/C16H17N7O2/c1-9-20-15-12(6-19-22(15)2)16(21-9)23-7-11(8-23)25-10-3-4-18-13(5-10)14(17)24/h3-6,11H,7-8H2,1-2H3,(H2,17,24). The van der Waals surface area contributed by atoms with Crippen LogP contribution >= 0.6 is 0 Å². The second kappa shape index (κ2) is 5.69. The number of rotatable bonds is 4. The van der Waals surface area contributed by atoms with Crippen molar-refractivity contribution < 1.29 is 9.53 Å². The number of hydrogen-bond acceptors (Lipinski definition) is 7. The summed E-state index contributed by atoms with van der Waals surface area (Å²) in [5.41, 5.74) is 6.24. The molecule has 9 heteroatoms. The monoisotopic (exact) mass is 339 g/mol. The van der Waals surface area contributed by atoms with Crippen LogP contribution in [0.2, 0.25) is 0 Å². The lowest BCUT2D eigenvalue weighted by Crippen LogP contribution is -2.54. The van der Waals surface area contributed by atoms with Gasteiger partial charge in [0.1, 0.15) is 29.2 Å². The van der Waals surface area contributed by atoms with Crippen LogP contribution in [-0.4, -0.2) is 49.8 Å². The summed E-state index contributed by atoms with van der Waals surface area (Å²) in [5.74, 6) is 1.58. The Morgan fingerprint density at radius 2 is 2.16 bits per heavy atom. The minimum Gasteiger partial charge on any atom is -0.487 e. The molecule has 25 heavy (non-hydrogen) atoms. The molecule has 1 amide bonds. The summed E-state index contributed by atoms with van der Waals surface area (Å²) < 4.78 is 7.63. The Kier molecular flexibility index (Phi) is 3.48. The topological polar surface area (TPSA) is 112 Å². The number of carbonyl (C=O) groups is 1. The SMILES string of the molecule is Cc1nc(N2CC(Oc3ccnc(C(N)=O)c3)C2)c2cnn(C)c2n1. The zero-order valence-corrected chi connectivity index (χ0v) is 13.9. The number of nitrogens with two attached hydrogens (primary N) is 1. The molecule has 0 spiro atoms. The number of aromatic nitrogens is 5. The molecular formula is C16H17N7O2. The van der Waals surface area contributed by atoms with Gasteiger partial charge in [0.05, 0.1) is 24.7 Å². The van der Waals surface area contributed by atoms with Crippen molar-refractivity contribution in [1.29, 1.82) is 0 Å². The van der Waals surface area contributed by atoms with Gasteiger partial charge >= 0.3 is 0 Å². The fourth-order valence-electron chi connectivity index (χ4n) is 2.85. The van der Waals surface area contributed by atoms with Gasteiger partial charge in [-0.3, -0.25) is 14.5 Å². The number of nitrogens with zero attached hydrogens (tertiary/aromatic N) is 6. The normalized spacial score (nSPS) is 14.6. The molecule has 128 valence electrons. The Bertz CT molecular complexity index is 962. The van der Waals surface area contributed by atoms with Crippen LogP contribution in [0.1, 0.15) is 16.3 Å². The van der Waals surface area contributed by atoms with Crippen molar-refractivity contribution >= 4 is 22.8 Å². The average Bonchev–Trinajstić information content (AvgIpc) is 2.91. The van der Waals surface area contributed by atoms with Gasteiger partial charge in [0, 0.05) is 19.3 Å². The van der Waals surface area contributed by atoms with Crippen molar-refractivity contribution in [2.45, 2.75) is 13.0 Å². The molecule has 0 radical (unpaired) electrons. The molecule has 0 atom stereocenters. The summed E-state index contributed by atoms with van der Waals surface area (Å²) in [4.78, 5) is 26.2. The third-order valence-corrected chi connectivity index (χ3v) is 4.12. The number of hydrogen-bond donors (Lipinski definition) is 1. The Morgan fingerprint density at radius 3 is 2.92 bits per heavy atom. The molecule has 3 aromatic rings. The smallest absolute Gasteiger partial charge is 0.267 e. The van der Waals surface area contributed by atoms with E-state index in [0.29, 0.717) is 24.7 Å². The highest BCUT2D eigenvalue weighted by atomic mass is 16.5. The molecule has 1 aliphatic heterocycles. The Labute approximate surface area is 143 Å². The molecule has 9 nitrogen and oxygen atoms in total. The summed E-state index contributed by atoms with van der Waals surface area (Å²) in [6, 6.07) is 3.27. The first-order valence-electron chi connectivity index (χ1n) is 7.85.